The average Bonchev–Trinajstić information content (AvgIpc) is 3.30. The Hall–Kier alpha value is -4.46. The molecule has 38 heavy (non-hydrogen) atoms. The minimum Gasteiger partial charge on any atom is -0.315 e. The van der Waals surface area contributed by atoms with Crippen LogP contribution in [0.4, 0.5) is 20.7 Å². The van der Waals surface area contributed by atoms with Gasteiger partial charge in [-0.15, -0.1) is 0 Å². The molecular formula is C30H32FN5O2. The number of aromatic nitrogens is 2. The minimum atomic E-state index is -0.370. The highest BCUT2D eigenvalue weighted by atomic mass is 19.1. The molecular weight excluding hydrogens is 481 g/mol. The quantitative estimate of drug-likeness (QED) is 0.285. The molecule has 7 nitrogen and oxygen atoms in total. The summed E-state index contributed by atoms with van der Waals surface area (Å²) in [5.74, 6) is -0.166. The Kier molecular flexibility index (Phi) is 8.21. The Morgan fingerprint density at radius 1 is 0.921 bits per heavy atom. The molecule has 2 N–H and O–H groups in total. The zero-order valence-electron chi connectivity index (χ0n) is 22.0. The summed E-state index contributed by atoms with van der Waals surface area (Å²) in [5, 5.41) is 10.5. The highest BCUT2D eigenvalue weighted by molar-refractivity contribution is 5.97. The molecule has 0 aliphatic heterocycles. The van der Waals surface area contributed by atoms with Crippen LogP contribution in [0.5, 0.6) is 0 Å². The summed E-state index contributed by atoms with van der Waals surface area (Å²) >= 11 is 0. The summed E-state index contributed by atoms with van der Waals surface area (Å²) in [7, 11) is 0. The first-order valence-electron chi connectivity index (χ1n) is 12.5. The van der Waals surface area contributed by atoms with E-state index in [0.717, 1.165) is 22.4 Å². The predicted molar refractivity (Wildman–Crippen MR) is 149 cm³/mol. The fourth-order valence-electron chi connectivity index (χ4n) is 4.21. The zero-order chi connectivity index (χ0) is 27.2. The lowest BCUT2D eigenvalue weighted by molar-refractivity contribution is -0.116. The van der Waals surface area contributed by atoms with Crippen molar-refractivity contribution in [1.82, 2.24) is 14.7 Å². The lowest BCUT2D eigenvalue weighted by Gasteiger charge is -2.25. The topological polar surface area (TPSA) is 79.3 Å². The van der Waals surface area contributed by atoms with Gasteiger partial charge in [-0.2, -0.15) is 5.10 Å². The van der Waals surface area contributed by atoms with Gasteiger partial charge >= 0.3 is 6.03 Å². The lowest BCUT2D eigenvalue weighted by Crippen LogP contribution is -2.42. The van der Waals surface area contributed by atoms with Crippen LogP contribution in [0.3, 0.4) is 0 Å². The number of anilines is 2. The fraction of sp³-hybridized carbons (Fsp3) is 0.233. The first kappa shape index (κ1) is 26.6. The zero-order valence-corrected chi connectivity index (χ0v) is 22.0. The van der Waals surface area contributed by atoms with E-state index in [1.807, 2.05) is 76.2 Å². The summed E-state index contributed by atoms with van der Waals surface area (Å²) in [4.78, 5) is 28.0. The van der Waals surface area contributed by atoms with E-state index in [9.17, 15) is 14.0 Å². The maximum Gasteiger partial charge on any atom is 0.322 e. The van der Waals surface area contributed by atoms with Crippen LogP contribution in [0.1, 0.15) is 25.0 Å². The van der Waals surface area contributed by atoms with Gasteiger partial charge < -0.3 is 15.5 Å². The van der Waals surface area contributed by atoms with Gasteiger partial charge in [0.1, 0.15) is 18.2 Å². The molecule has 0 spiro atoms. The molecule has 1 heterocycles. The van der Waals surface area contributed by atoms with Gasteiger partial charge in [-0.3, -0.25) is 4.79 Å². The minimum absolute atomic E-state index is 0.149. The Bertz CT molecular complexity index is 1390. The molecule has 0 aliphatic rings. The molecule has 4 rings (SSSR count). The smallest absolute Gasteiger partial charge is 0.315 e. The van der Waals surface area contributed by atoms with Gasteiger partial charge in [0.25, 0.3) is 0 Å². The number of nitrogens with zero attached hydrogens (tertiary/aromatic N) is 3. The summed E-state index contributed by atoms with van der Waals surface area (Å²) in [6, 6.07) is 22.7. The maximum absolute atomic E-state index is 13.6. The van der Waals surface area contributed by atoms with E-state index >= 15 is 0 Å². The highest BCUT2D eigenvalue weighted by Gasteiger charge is 2.21. The van der Waals surface area contributed by atoms with Gasteiger partial charge in [0, 0.05) is 23.9 Å². The van der Waals surface area contributed by atoms with Crippen LogP contribution in [-0.4, -0.2) is 39.7 Å². The van der Waals surface area contributed by atoms with Gasteiger partial charge in [-0.25, -0.2) is 13.9 Å². The third-order valence-electron chi connectivity index (χ3n) is 6.04. The number of para-hydroxylation sites is 1. The van der Waals surface area contributed by atoms with E-state index < -0.39 is 0 Å². The normalized spacial score (nSPS) is 10.9. The largest absolute Gasteiger partial charge is 0.322 e. The molecule has 0 aliphatic carbocycles. The number of hydrogen-bond acceptors (Lipinski definition) is 3. The number of amides is 3. The third kappa shape index (κ3) is 6.45. The van der Waals surface area contributed by atoms with Crippen molar-refractivity contribution in [3.8, 4) is 16.9 Å². The summed E-state index contributed by atoms with van der Waals surface area (Å²) in [6.45, 7) is 8.10. The van der Waals surface area contributed by atoms with Crippen molar-refractivity contribution in [1.29, 1.82) is 0 Å². The van der Waals surface area contributed by atoms with E-state index in [4.69, 9.17) is 0 Å². The molecule has 3 amide bonds. The summed E-state index contributed by atoms with van der Waals surface area (Å²) < 4.78 is 15.1. The molecule has 3 aromatic carbocycles. The number of carbonyl (C=O) groups excluding carboxylic acids is 2. The number of rotatable bonds is 8. The Balaban J connectivity index is 1.58. The van der Waals surface area contributed by atoms with Crippen molar-refractivity contribution in [2.75, 3.05) is 23.7 Å². The highest BCUT2D eigenvalue weighted by Crippen LogP contribution is 2.25. The summed E-state index contributed by atoms with van der Waals surface area (Å²) in [5.41, 5.74) is 4.76. The van der Waals surface area contributed by atoms with E-state index in [-0.39, 0.29) is 30.2 Å². The summed E-state index contributed by atoms with van der Waals surface area (Å²) in [6.07, 6.45) is 0. The molecule has 0 bridgehead atoms. The maximum atomic E-state index is 13.6. The molecule has 0 radical (unpaired) electrons. The number of nitrogens with one attached hydrogen (secondary N) is 2. The van der Waals surface area contributed by atoms with E-state index in [2.05, 4.69) is 15.7 Å². The number of carbonyl (C=O) groups is 2. The van der Waals surface area contributed by atoms with Gasteiger partial charge in [0.05, 0.1) is 11.4 Å². The van der Waals surface area contributed by atoms with E-state index in [1.54, 1.807) is 22.9 Å². The molecule has 196 valence electrons. The molecule has 8 heteroatoms. The second-order valence-electron chi connectivity index (χ2n) is 9.69. The monoisotopic (exact) mass is 513 g/mol. The van der Waals surface area contributed by atoms with Crippen LogP contribution in [0, 0.1) is 25.6 Å². The van der Waals surface area contributed by atoms with Crippen molar-refractivity contribution in [3.63, 3.8) is 0 Å². The first-order chi connectivity index (χ1) is 18.2. The van der Waals surface area contributed by atoms with Crippen molar-refractivity contribution in [2.24, 2.45) is 5.92 Å². The number of aryl methyl sites for hydroxylation is 2. The second-order valence-corrected chi connectivity index (χ2v) is 9.69. The van der Waals surface area contributed by atoms with Crippen LogP contribution < -0.4 is 10.6 Å². The first-order valence-corrected chi connectivity index (χ1v) is 12.5. The number of halogens is 1. The molecule has 0 saturated carbocycles. The standard InChI is InChI=1S/C30H32FN5O2/c1-20(2)18-35(30(38)33-29-21(3)9-8-10-22(29)4)19-28(37)32-27-17-26(23-11-6-5-7-12-23)34-36(27)25-15-13-24(31)14-16-25/h5-17,20H,18-19H2,1-4H3,(H,32,37)(H,33,38). The SMILES string of the molecule is Cc1cccc(C)c1NC(=O)N(CC(=O)Nc1cc(-c2ccccc2)nn1-c1ccc(F)cc1)CC(C)C. The van der Waals surface area contributed by atoms with Gasteiger partial charge in [-0.05, 0) is 55.2 Å². The predicted octanol–water partition coefficient (Wildman–Crippen LogP) is 6.42. The second kappa shape index (κ2) is 11.7. The number of benzene rings is 3. The van der Waals surface area contributed by atoms with Crippen LogP contribution in [0.2, 0.25) is 0 Å². The van der Waals surface area contributed by atoms with Crippen LogP contribution in [0.15, 0.2) is 78.9 Å². The Labute approximate surface area is 222 Å². The van der Waals surface area contributed by atoms with E-state index in [1.165, 1.54) is 17.0 Å². The molecule has 0 atom stereocenters. The Morgan fingerprint density at radius 2 is 1.58 bits per heavy atom. The Morgan fingerprint density at radius 3 is 2.21 bits per heavy atom. The molecule has 0 unspecified atom stereocenters. The number of hydrogen-bond donors (Lipinski definition) is 2. The van der Waals surface area contributed by atoms with Crippen molar-refractivity contribution in [2.45, 2.75) is 27.7 Å². The number of urea groups is 1. The van der Waals surface area contributed by atoms with Crippen LogP contribution >= 0.6 is 0 Å². The van der Waals surface area contributed by atoms with Gasteiger partial charge in [0.2, 0.25) is 5.91 Å². The van der Waals surface area contributed by atoms with Gasteiger partial charge in [-0.1, -0.05) is 62.4 Å². The molecule has 1 aromatic heterocycles. The lowest BCUT2D eigenvalue weighted by atomic mass is 10.1. The van der Waals surface area contributed by atoms with Crippen LogP contribution in [0.25, 0.3) is 16.9 Å². The molecule has 0 fully saturated rings. The third-order valence-corrected chi connectivity index (χ3v) is 6.04. The molecule has 4 aromatic rings. The van der Waals surface area contributed by atoms with E-state index in [0.29, 0.717) is 23.7 Å². The van der Waals surface area contributed by atoms with Gasteiger partial charge in [0.15, 0.2) is 0 Å². The average molecular weight is 514 g/mol. The van der Waals surface area contributed by atoms with Crippen LogP contribution in [-0.2, 0) is 4.79 Å². The van der Waals surface area contributed by atoms with Crippen molar-refractivity contribution < 1.29 is 14.0 Å². The fourth-order valence-corrected chi connectivity index (χ4v) is 4.21. The van der Waals surface area contributed by atoms with Crippen molar-refractivity contribution >= 4 is 23.4 Å². The molecule has 0 saturated heterocycles. The van der Waals surface area contributed by atoms with Crippen molar-refractivity contribution in [3.05, 3.63) is 95.8 Å².